The molecule has 3 aliphatic rings. The zero-order valence-corrected chi connectivity index (χ0v) is 21.9. The van der Waals surface area contributed by atoms with Gasteiger partial charge in [0, 0.05) is 61.8 Å². The van der Waals surface area contributed by atoms with Crippen molar-refractivity contribution >= 4 is 33.5 Å². The molecule has 2 aliphatic heterocycles. The van der Waals surface area contributed by atoms with Gasteiger partial charge in [0.1, 0.15) is 5.82 Å². The van der Waals surface area contributed by atoms with E-state index in [0.29, 0.717) is 16.9 Å². The van der Waals surface area contributed by atoms with Crippen molar-refractivity contribution in [3.05, 3.63) is 65.1 Å². The summed E-state index contributed by atoms with van der Waals surface area (Å²) in [7, 11) is -2.32. The minimum Gasteiger partial charge on any atom is -0.355 e. The molecule has 1 amide bonds. The molecule has 1 saturated carbocycles. The summed E-state index contributed by atoms with van der Waals surface area (Å²) in [6.07, 6.45) is 3.45. The Balaban J connectivity index is 1.38. The maximum absolute atomic E-state index is 13.5. The number of carbonyl (C=O) groups excluding carboxylic acids is 1. The van der Waals surface area contributed by atoms with Crippen LogP contribution in [-0.2, 0) is 27.3 Å². The third-order valence-corrected chi connectivity index (χ3v) is 9.82. The summed E-state index contributed by atoms with van der Waals surface area (Å²) >= 11 is 0. The van der Waals surface area contributed by atoms with Gasteiger partial charge in [-0.3, -0.25) is 4.79 Å². The lowest BCUT2D eigenvalue weighted by Crippen LogP contribution is -2.46. The van der Waals surface area contributed by atoms with Crippen LogP contribution in [0.1, 0.15) is 23.1 Å². The lowest BCUT2D eigenvalue weighted by atomic mass is 9.87. The monoisotopic (exact) mass is 537 g/mol. The van der Waals surface area contributed by atoms with Gasteiger partial charge in [-0.05, 0) is 66.8 Å². The van der Waals surface area contributed by atoms with E-state index in [1.54, 1.807) is 19.2 Å². The molecule has 6 rings (SSSR count). The van der Waals surface area contributed by atoms with Crippen molar-refractivity contribution in [2.75, 3.05) is 31.5 Å². The molecule has 0 unspecified atom stereocenters. The van der Waals surface area contributed by atoms with Crippen LogP contribution in [0.2, 0.25) is 0 Å². The van der Waals surface area contributed by atoms with Crippen LogP contribution in [-0.4, -0.2) is 70.9 Å². The first-order chi connectivity index (χ1) is 18.1. The van der Waals surface area contributed by atoms with Gasteiger partial charge >= 0.3 is 0 Å². The molecule has 1 aliphatic carbocycles. The van der Waals surface area contributed by atoms with Crippen LogP contribution in [0, 0.1) is 30.0 Å². The molecule has 198 valence electrons. The van der Waals surface area contributed by atoms with Crippen LogP contribution in [0.25, 0.3) is 0 Å². The number of piperidine rings is 1. The normalized spacial score (nSPS) is 24.6. The number of rotatable bonds is 7. The van der Waals surface area contributed by atoms with E-state index in [-0.39, 0.29) is 41.7 Å². The predicted molar refractivity (Wildman–Crippen MR) is 138 cm³/mol. The van der Waals surface area contributed by atoms with Crippen LogP contribution in [0.4, 0.5) is 15.8 Å². The number of fused-ring (bicyclic) bond motifs is 1. The first-order valence-electron chi connectivity index (χ1n) is 12.5. The third-order valence-electron chi connectivity index (χ3n) is 8.14. The van der Waals surface area contributed by atoms with Crippen molar-refractivity contribution in [1.82, 2.24) is 24.2 Å². The van der Waals surface area contributed by atoms with Crippen LogP contribution in [0.15, 0.2) is 47.6 Å². The summed E-state index contributed by atoms with van der Waals surface area (Å²) in [5, 5.41) is 19.1. The minimum absolute atomic E-state index is 0.0714. The molecule has 1 aromatic heterocycles. The van der Waals surface area contributed by atoms with Gasteiger partial charge in [-0.15, -0.1) is 5.10 Å². The molecule has 38 heavy (non-hydrogen) atoms. The van der Waals surface area contributed by atoms with Gasteiger partial charge in [-0.25, -0.2) is 12.8 Å². The number of sulfonamides is 1. The fourth-order valence-electron chi connectivity index (χ4n) is 6.06. The highest BCUT2D eigenvalue weighted by Crippen LogP contribution is 2.66. The molecule has 12 heteroatoms. The summed E-state index contributed by atoms with van der Waals surface area (Å²) in [6, 6.07) is 9.76. The van der Waals surface area contributed by atoms with Crippen LogP contribution >= 0.6 is 0 Å². The van der Waals surface area contributed by atoms with Crippen LogP contribution < -0.4 is 5.32 Å². The highest BCUT2D eigenvalue weighted by molar-refractivity contribution is 7.89. The Morgan fingerprint density at radius 3 is 2.58 bits per heavy atom. The number of likely N-dealkylation sites (tertiary alicyclic amines) is 1. The average Bonchev–Trinajstić information content (AvgIpc) is 3.12. The van der Waals surface area contributed by atoms with Gasteiger partial charge in [0.15, 0.2) is 0 Å². The summed E-state index contributed by atoms with van der Waals surface area (Å²) in [5.74, 6) is -0.755. The molecule has 0 bridgehead atoms. The first-order valence-corrected chi connectivity index (χ1v) is 13.9. The van der Waals surface area contributed by atoms with Crippen molar-refractivity contribution < 1.29 is 17.6 Å². The van der Waals surface area contributed by atoms with E-state index < -0.39 is 15.4 Å². The molecule has 0 spiro atoms. The molecule has 10 nitrogen and oxygen atoms in total. The Morgan fingerprint density at radius 1 is 1.24 bits per heavy atom. The second-order valence-electron chi connectivity index (χ2n) is 10.3. The largest absolute Gasteiger partial charge is 0.355 e. The molecule has 3 aromatic rings. The van der Waals surface area contributed by atoms with Gasteiger partial charge < -0.3 is 15.6 Å². The van der Waals surface area contributed by atoms with Gasteiger partial charge in [-0.2, -0.15) is 14.2 Å². The van der Waals surface area contributed by atoms with Gasteiger partial charge in [0.05, 0.1) is 12.1 Å². The Kier molecular flexibility index (Phi) is 5.65. The SMILES string of the molecule is Cc1cc(Nc2ccc(F)cc2)c(C=N)cc1[C@@]12CN(S(=O)(=O)c3cnn(C)n3)C[C@@H]1[C@H]2C(=O)N1CCC1. The fourth-order valence-corrected chi connectivity index (χ4v) is 7.47. The first kappa shape index (κ1) is 24.7. The summed E-state index contributed by atoms with van der Waals surface area (Å²) in [6.45, 7) is 3.77. The number of amides is 1. The molecular weight excluding hydrogens is 509 g/mol. The minimum atomic E-state index is -3.88. The Bertz CT molecular complexity index is 1550. The number of halogens is 1. The lowest BCUT2D eigenvalue weighted by molar-refractivity contribution is -0.137. The van der Waals surface area contributed by atoms with Crippen LogP contribution in [0.5, 0.6) is 0 Å². The Hall–Kier alpha value is -3.64. The van der Waals surface area contributed by atoms with E-state index in [1.807, 2.05) is 24.0 Å². The average molecular weight is 538 g/mol. The summed E-state index contributed by atoms with van der Waals surface area (Å²) < 4.78 is 41.6. The summed E-state index contributed by atoms with van der Waals surface area (Å²) in [4.78, 5) is 16.5. The molecule has 2 N–H and O–H groups in total. The van der Waals surface area contributed by atoms with E-state index >= 15 is 0 Å². The van der Waals surface area contributed by atoms with E-state index in [4.69, 9.17) is 5.41 Å². The molecule has 3 heterocycles. The molecular formula is C26H28FN7O3S. The van der Waals surface area contributed by atoms with E-state index in [2.05, 4.69) is 15.5 Å². The van der Waals surface area contributed by atoms with E-state index in [0.717, 1.165) is 30.6 Å². The molecule has 0 radical (unpaired) electrons. The van der Waals surface area contributed by atoms with Crippen LogP contribution in [0.3, 0.4) is 0 Å². The third kappa shape index (κ3) is 3.73. The smallest absolute Gasteiger partial charge is 0.264 e. The number of aromatic nitrogens is 3. The molecule has 3 fully saturated rings. The Morgan fingerprint density at radius 2 is 1.97 bits per heavy atom. The van der Waals surface area contributed by atoms with E-state index in [1.165, 1.54) is 33.6 Å². The van der Waals surface area contributed by atoms with Crippen molar-refractivity contribution in [1.29, 1.82) is 5.41 Å². The maximum atomic E-state index is 13.5. The fraction of sp³-hybridized carbons (Fsp3) is 0.385. The number of carbonyl (C=O) groups is 1. The lowest BCUT2D eigenvalue weighted by Gasteiger charge is -2.33. The second kappa shape index (κ2) is 8.70. The molecule has 3 atom stereocenters. The zero-order chi connectivity index (χ0) is 26.8. The molecule has 2 aromatic carbocycles. The van der Waals surface area contributed by atoms with Crippen molar-refractivity contribution in [3.63, 3.8) is 0 Å². The predicted octanol–water partition coefficient (Wildman–Crippen LogP) is 2.42. The Labute approximate surface area is 220 Å². The quantitative estimate of drug-likeness (QED) is 0.446. The number of nitrogens with zero attached hydrogens (tertiary/aromatic N) is 5. The van der Waals surface area contributed by atoms with Gasteiger partial charge in [-0.1, -0.05) is 0 Å². The van der Waals surface area contributed by atoms with Crippen molar-refractivity contribution in [3.8, 4) is 0 Å². The molecule has 2 saturated heterocycles. The highest BCUT2D eigenvalue weighted by Gasteiger charge is 2.74. The van der Waals surface area contributed by atoms with Crippen molar-refractivity contribution in [2.45, 2.75) is 23.8 Å². The van der Waals surface area contributed by atoms with Gasteiger partial charge in [0.2, 0.25) is 10.9 Å². The second-order valence-corrected chi connectivity index (χ2v) is 12.2. The number of benzene rings is 2. The topological polar surface area (TPSA) is 124 Å². The van der Waals surface area contributed by atoms with Crippen molar-refractivity contribution in [2.24, 2.45) is 18.9 Å². The number of hydrogen-bond donors (Lipinski definition) is 2. The maximum Gasteiger partial charge on any atom is 0.264 e. The number of aryl methyl sites for hydroxylation is 2. The highest BCUT2D eigenvalue weighted by atomic mass is 32.2. The van der Waals surface area contributed by atoms with E-state index in [9.17, 15) is 17.6 Å². The van der Waals surface area contributed by atoms with Gasteiger partial charge in [0.25, 0.3) is 10.0 Å². The number of anilines is 2. The zero-order valence-electron chi connectivity index (χ0n) is 21.1. The number of hydrogen-bond acceptors (Lipinski definition) is 7. The standard InChI is InChI=1S/C26H28FN7O3S/c1-16-10-22(30-19-6-4-18(27)5-7-19)17(12-28)11-20(16)26-15-34(38(36,37)23-13-29-32(2)31-23)14-21(26)24(26)25(35)33-8-3-9-33/h4-7,10-13,21,24,28,30H,3,8-9,14-15H2,1-2H3/t21-,24+,26+/m1/s1. The summed E-state index contributed by atoms with van der Waals surface area (Å²) in [5.41, 5.74) is 3.04. The number of nitrogens with one attached hydrogen (secondary N) is 2.